The van der Waals surface area contributed by atoms with E-state index in [1.54, 1.807) is 4.90 Å². The monoisotopic (exact) mass is 665 g/mol. The maximum Gasteiger partial charge on any atom is 0.312 e. The number of hydrogen-bond acceptors (Lipinski definition) is 10. The Hall–Kier alpha value is -3.60. The Morgan fingerprint density at radius 2 is 1.94 bits per heavy atom. The van der Waals surface area contributed by atoms with Crippen molar-refractivity contribution in [3.8, 4) is 11.3 Å². The molecule has 0 saturated carbocycles. The second-order valence-electron chi connectivity index (χ2n) is 13.3. The van der Waals surface area contributed by atoms with E-state index in [-0.39, 0.29) is 35.1 Å². The third-order valence-electron chi connectivity index (χ3n) is 9.19. The number of likely N-dealkylation sites (tertiary alicyclic amines) is 1. The largest absolute Gasteiger partial charge is 0.394 e. The van der Waals surface area contributed by atoms with Gasteiger partial charge < -0.3 is 34.7 Å². The number of amides is 2. The van der Waals surface area contributed by atoms with Crippen LogP contribution in [0.15, 0.2) is 23.5 Å². The molecule has 3 aliphatic heterocycles. The molecule has 2 saturated heterocycles. The van der Waals surface area contributed by atoms with E-state index in [1.165, 1.54) is 17.9 Å². The minimum atomic E-state index is -1.63. The van der Waals surface area contributed by atoms with Crippen LogP contribution in [0, 0.1) is 28.8 Å². The zero-order valence-corrected chi connectivity index (χ0v) is 26.6. The van der Waals surface area contributed by atoms with Gasteiger partial charge in [-0.1, -0.05) is 31.1 Å². The molecule has 3 aliphatic rings. The molecule has 2 amide bonds. The van der Waals surface area contributed by atoms with Crippen molar-refractivity contribution in [1.29, 1.82) is 0 Å². The SMILES string of the molecule is CNC(=O)CO[C@@H]1[C@@H](n2cc(-c3cc(F)c(F)c(F)c3)nn2)[C@@H](O)[C@@H](CO)O[C@@H]1CC1CC(C2CCN([C]=O)C(C(C)(C)C)C2)=NO1. The van der Waals surface area contributed by atoms with E-state index in [0.29, 0.717) is 25.8 Å². The van der Waals surface area contributed by atoms with Crippen LogP contribution >= 0.6 is 0 Å². The van der Waals surface area contributed by atoms with Crippen LogP contribution in [0.2, 0.25) is 0 Å². The van der Waals surface area contributed by atoms with E-state index in [0.717, 1.165) is 17.8 Å². The van der Waals surface area contributed by atoms with Gasteiger partial charge in [-0.25, -0.2) is 17.9 Å². The number of rotatable bonds is 10. The van der Waals surface area contributed by atoms with Gasteiger partial charge in [0.1, 0.15) is 42.8 Å². The molecule has 1 aromatic heterocycles. The molecule has 13 nitrogen and oxygen atoms in total. The minimum absolute atomic E-state index is 0.0207. The van der Waals surface area contributed by atoms with Crippen molar-refractivity contribution < 1.29 is 47.3 Å². The summed E-state index contributed by atoms with van der Waals surface area (Å²) in [5.74, 6) is -4.80. The summed E-state index contributed by atoms with van der Waals surface area (Å²) < 4.78 is 54.8. The molecule has 2 fully saturated rings. The van der Waals surface area contributed by atoms with Gasteiger partial charge in [0.05, 0.1) is 24.6 Å². The predicted molar refractivity (Wildman–Crippen MR) is 160 cm³/mol. The molecule has 4 heterocycles. The molecular weight excluding hydrogens is 625 g/mol. The maximum absolute atomic E-state index is 14.0. The standard InChI is InChI=1S/C31H40F3N6O7/c1-31(2,3)25-9-16(5-6-39(25)15-42)21-10-18(47-37-21)11-23-30(45-14-26(43)35-4)28(29(44)24(13-41)46-23)40-12-22(36-38-40)17-7-19(32)27(34)20(33)8-17/h7-8,12,16,18,23-25,28-30,41,44H,5-6,9-11,13-14H2,1-4H3,(H,35,43)/t16?,18?,23-,24-,25?,28+,29+,30+/m1/s1. The summed E-state index contributed by atoms with van der Waals surface area (Å²) in [4.78, 5) is 31.3. The Kier molecular flexibility index (Phi) is 10.5. The molecule has 1 radical (unpaired) electrons. The van der Waals surface area contributed by atoms with Gasteiger partial charge in [0.25, 0.3) is 0 Å². The van der Waals surface area contributed by atoms with Crippen molar-refractivity contribution in [3.63, 3.8) is 0 Å². The van der Waals surface area contributed by atoms with Gasteiger partial charge >= 0.3 is 6.41 Å². The summed E-state index contributed by atoms with van der Waals surface area (Å²) in [7, 11) is 1.44. The Labute approximate surface area is 270 Å². The van der Waals surface area contributed by atoms with Crippen molar-refractivity contribution in [2.75, 3.05) is 26.8 Å². The van der Waals surface area contributed by atoms with E-state index in [1.807, 2.05) is 0 Å². The second kappa shape index (κ2) is 14.3. The second-order valence-corrected chi connectivity index (χ2v) is 13.3. The van der Waals surface area contributed by atoms with Gasteiger partial charge in [0.2, 0.25) is 5.91 Å². The minimum Gasteiger partial charge on any atom is -0.394 e. The van der Waals surface area contributed by atoms with E-state index in [9.17, 15) is 33.0 Å². The van der Waals surface area contributed by atoms with Crippen molar-refractivity contribution in [3.05, 3.63) is 35.8 Å². The van der Waals surface area contributed by atoms with Crippen LogP contribution in [-0.4, -0.2) is 112 Å². The number of benzene rings is 1. The fourth-order valence-electron chi connectivity index (χ4n) is 6.65. The third-order valence-corrected chi connectivity index (χ3v) is 9.19. The predicted octanol–water partition coefficient (Wildman–Crippen LogP) is 1.88. The molecule has 2 aromatic rings. The normalized spacial score (nSPS) is 29.7. The molecule has 8 atom stereocenters. The summed E-state index contributed by atoms with van der Waals surface area (Å²) in [5, 5.41) is 36.3. The first-order valence-electron chi connectivity index (χ1n) is 15.5. The molecule has 3 unspecified atom stereocenters. The van der Waals surface area contributed by atoms with Gasteiger partial charge in [-0.05, 0) is 30.4 Å². The number of likely N-dealkylation sites (N-methyl/N-ethyl adjacent to an activating group) is 1. The molecule has 3 N–H and O–H groups in total. The number of nitrogens with one attached hydrogen (secondary N) is 1. The van der Waals surface area contributed by atoms with Gasteiger partial charge in [-0.15, -0.1) is 5.10 Å². The van der Waals surface area contributed by atoms with Crippen LogP contribution in [0.3, 0.4) is 0 Å². The van der Waals surface area contributed by atoms with E-state index in [2.05, 4.69) is 48.0 Å². The molecular formula is C31H40F3N6O7. The fourth-order valence-corrected chi connectivity index (χ4v) is 6.65. The van der Waals surface area contributed by atoms with Crippen LogP contribution < -0.4 is 5.32 Å². The number of piperidine rings is 1. The quantitative estimate of drug-likeness (QED) is 0.322. The Morgan fingerprint density at radius 1 is 1.21 bits per heavy atom. The number of halogens is 3. The van der Waals surface area contributed by atoms with Crippen LogP contribution in [0.1, 0.15) is 52.5 Å². The lowest BCUT2D eigenvalue weighted by atomic mass is 9.75. The average molecular weight is 666 g/mol. The smallest absolute Gasteiger partial charge is 0.312 e. The van der Waals surface area contributed by atoms with E-state index >= 15 is 0 Å². The first-order valence-corrected chi connectivity index (χ1v) is 15.5. The lowest BCUT2D eigenvalue weighted by Gasteiger charge is -2.44. The summed E-state index contributed by atoms with van der Waals surface area (Å²) >= 11 is 0. The number of nitrogens with zero attached hydrogens (tertiary/aromatic N) is 5. The number of carbonyl (C=O) groups is 1. The molecule has 257 valence electrons. The molecule has 0 aliphatic carbocycles. The first kappa shape index (κ1) is 34.7. The summed E-state index contributed by atoms with van der Waals surface area (Å²) in [6.07, 6.45) is 0.614. The Bertz CT molecular complexity index is 1450. The number of carbonyl (C=O) groups excluding carboxylic acids is 2. The van der Waals surface area contributed by atoms with Crippen molar-refractivity contribution in [2.24, 2.45) is 16.5 Å². The highest BCUT2D eigenvalue weighted by molar-refractivity contribution is 5.88. The lowest BCUT2D eigenvalue weighted by molar-refractivity contribution is -0.224. The van der Waals surface area contributed by atoms with Gasteiger partial charge in [-0.2, -0.15) is 0 Å². The van der Waals surface area contributed by atoms with Crippen LogP contribution in [0.25, 0.3) is 11.3 Å². The van der Waals surface area contributed by atoms with Gasteiger partial charge in [0.15, 0.2) is 17.5 Å². The van der Waals surface area contributed by atoms with Crippen LogP contribution in [-0.2, 0) is 23.9 Å². The summed E-state index contributed by atoms with van der Waals surface area (Å²) in [5.41, 5.74) is 0.591. The fraction of sp³-hybridized carbons (Fsp3) is 0.645. The zero-order valence-electron chi connectivity index (χ0n) is 26.6. The van der Waals surface area contributed by atoms with Crippen molar-refractivity contribution in [1.82, 2.24) is 25.2 Å². The van der Waals surface area contributed by atoms with Gasteiger partial charge in [0, 0.05) is 44.0 Å². The van der Waals surface area contributed by atoms with Crippen LogP contribution in [0.5, 0.6) is 0 Å². The molecule has 16 heteroatoms. The highest BCUT2D eigenvalue weighted by Crippen LogP contribution is 2.39. The van der Waals surface area contributed by atoms with Crippen molar-refractivity contribution in [2.45, 2.75) is 89.1 Å². The lowest BCUT2D eigenvalue weighted by Crippen LogP contribution is -2.58. The topological polar surface area (TPSA) is 161 Å². The molecule has 1 aromatic carbocycles. The molecule has 5 rings (SSSR count). The van der Waals surface area contributed by atoms with Crippen LogP contribution in [0.4, 0.5) is 13.2 Å². The number of hydrogen-bond donors (Lipinski definition) is 3. The van der Waals surface area contributed by atoms with Gasteiger partial charge in [-0.3, -0.25) is 9.59 Å². The van der Waals surface area contributed by atoms with E-state index < -0.39 is 73.1 Å². The van der Waals surface area contributed by atoms with Crippen molar-refractivity contribution >= 4 is 18.0 Å². The molecule has 47 heavy (non-hydrogen) atoms. The number of ether oxygens (including phenoxy) is 2. The Balaban J connectivity index is 1.37. The highest BCUT2D eigenvalue weighted by Gasteiger charge is 2.49. The highest BCUT2D eigenvalue weighted by atomic mass is 19.2. The Morgan fingerprint density at radius 3 is 2.57 bits per heavy atom. The molecule has 0 spiro atoms. The number of oxime groups is 1. The zero-order chi connectivity index (χ0) is 34.0. The number of aliphatic hydroxyl groups is 2. The average Bonchev–Trinajstić information content (AvgIpc) is 3.72. The number of aliphatic hydroxyl groups excluding tert-OH is 2. The first-order chi connectivity index (χ1) is 22.3. The molecule has 0 bridgehead atoms. The summed E-state index contributed by atoms with van der Waals surface area (Å²) in [6.45, 7) is 5.82. The maximum atomic E-state index is 14.0. The third kappa shape index (κ3) is 7.45. The number of aromatic nitrogens is 3. The van der Waals surface area contributed by atoms with E-state index in [4.69, 9.17) is 14.3 Å². The summed E-state index contributed by atoms with van der Waals surface area (Å²) in [6, 6.07) is 0.440.